The molecule has 1 saturated heterocycles. The fourth-order valence-corrected chi connectivity index (χ4v) is 4.21. The van der Waals surface area contributed by atoms with E-state index >= 15 is 0 Å². The van der Waals surface area contributed by atoms with Crippen molar-refractivity contribution in [3.05, 3.63) is 34.4 Å². The van der Waals surface area contributed by atoms with E-state index in [4.69, 9.17) is 21.1 Å². The average Bonchev–Trinajstić information content (AvgIpc) is 3.52. The van der Waals surface area contributed by atoms with Gasteiger partial charge >= 0.3 is 0 Å². The summed E-state index contributed by atoms with van der Waals surface area (Å²) in [6.45, 7) is 6.41. The van der Waals surface area contributed by atoms with Crippen molar-refractivity contribution in [1.82, 2.24) is 20.1 Å². The van der Waals surface area contributed by atoms with Gasteiger partial charge in [0.15, 0.2) is 17.3 Å². The monoisotopic (exact) mass is 446 g/mol. The number of piperidine rings is 1. The van der Waals surface area contributed by atoms with E-state index in [1.165, 1.54) is 12.8 Å². The number of aromatic amines is 1. The van der Waals surface area contributed by atoms with Crippen molar-refractivity contribution in [3.8, 4) is 11.5 Å². The van der Waals surface area contributed by atoms with Gasteiger partial charge in [-0.1, -0.05) is 24.9 Å². The first-order valence-electron chi connectivity index (χ1n) is 11.4. The van der Waals surface area contributed by atoms with E-state index in [2.05, 4.69) is 22.1 Å². The number of rotatable bonds is 9. The number of hydrogen-bond acceptors (Lipinski definition) is 5. The summed E-state index contributed by atoms with van der Waals surface area (Å²) in [4.78, 5) is 19.7. The van der Waals surface area contributed by atoms with Crippen molar-refractivity contribution in [2.24, 2.45) is 0 Å². The van der Waals surface area contributed by atoms with Crippen molar-refractivity contribution in [1.29, 1.82) is 0 Å². The zero-order chi connectivity index (χ0) is 21.8. The van der Waals surface area contributed by atoms with Crippen LogP contribution in [0.15, 0.2) is 12.1 Å². The third-order valence-electron chi connectivity index (χ3n) is 5.93. The number of hydrogen-bond donors (Lipinski definition) is 1. The molecule has 1 saturated carbocycles. The molecule has 1 N–H and O–H groups in total. The molecule has 31 heavy (non-hydrogen) atoms. The SMILES string of the molecule is CCCCOc1c(Cl)cc(C(=O)N2CCC(c3nc(C4CC4)n[nH]3)CC2)cc1OCC. The molecule has 1 aromatic carbocycles. The number of aromatic nitrogens is 3. The number of H-pyrrole nitrogens is 1. The van der Waals surface area contributed by atoms with Gasteiger partial charge < -0.3 is 14.4 Å². The van der Waals surface area contributed by atoms with Crippen LogP contribution in [0.5, 0.6) is 11.5 Å². The molecular weight excluding hydrogens is 416 g/mol. The summed E-state index contributed by atoms with van der Waals surface area (Å²) in [6, 6.07) is 3.45. The molecule has 0 atom stereocenters. The van der Waals surface area contributed by atoms with Gasteiger partial charge in [-0.15, -0.1) is 0 Å². The van der Waals surface area contributed by atoms with Crippen LogP contribution < -0.4 is 9.47 Å². The summed E-state index contributed by atoms with van der Waals surface area (Å²) in [6.07, 6.45) is 6.09. The van der Waals surface area contributed by atoms with Gasteiger partial charge in [0.2, 0.25) is 0 Å². The number of halogens is 1. The highest BCUT2D eigenvalue weighted by molar-refractivity contribution is 6.32. The van der Waals surface area contributed by atoms with Crippen molar-refractivity contribution in [2.45, 2.75) is 64.2 Å². The van der Waals surface area contributed by atoms with Gasteiger partial charge in [-0.3, -0.25) is 9.89 Å². The summed E-state index contributed by atoms with van der Waals surface area (Å²) in [5.41, 5.74) is 0.533. The topological polar surface area (TPSA) is 80.3 Å². The van der Waals surface area contributed by atoms with Gasteiger partial charge in [0.05, 0.1) is 18.2 Å². The first-order chi connectivity index (χ1) is 15.1. The zero-order valence-electron chi connectivity index (χ0n) is 18.3. The Morgan fingerprint density at radius 3 is 2.61 bits per heavy atom. The van der Waals surface area contributed by atoms with Crippen LogP contribution in [0.3, 0.4) is 0 Å². The maximum absolute atomic E-state index is 13.2. The lowest BCUT2D eigenvalue weighted by molar-refractivity contribution is 0.0710. The Morgan fingerprint density at radius 1 is 1.16 bits per heavy atom. The van der Waals surface area contributed by atoms with E-state index in [-0.39, 0.29) is 5.91 Å². The molecule has 1 aliphatic carbocycles. The predicted molar refractivity (Wildman–Crippen MR) is 119 cm³/mol. The first kappa shape index (κ1) is 21.9. The molecule has 0 radical (unpaired) electrons. The Balaban J connectivity index is 1.41. The molecule has 2 aromatic rings. The maximum Gasteiger partial charge on any atom is 0.254 e. The number of ether oxygens (including phenoxy) is 2. The number of nitrogens with zero attached hydrogens (tertiary/aromatic N) is 3. The van der Waals surface area contributed by atoms with Crippen molar-refractivity contribution in [3.63, 3.8) is 0 Å². The number of unbranched alkanes of at least 4 members (excludes halogenated alkanes) is 1. The zero-order valence-corrected chi connectivity index (χ0v) is 19.1. The molecule has 0 unspecified atom stereocenters. The lowest BCUT2D eigenvalue weighted by atomic mass is 9.95. The number of likely N-dealkylation sites (tertiary alicyclic amines) is 1. The molecule has 7 nitrogen and oxygen atoms in total. The Kier molecular flexibility index (Phi) is 7.00. The maximum atomic E-state index is 13.2. The average molecular weight is 447 g/mol. The van der Waals surface area contributed by atoms with E-state index < -0.39 is 0 Å². The van der Waals surface area contributed by atoms with Crippen LogP contribution in [0.25, 0.3) is 0 Å². The first-order valence-corrected chi connectivity index (χ1v) is 11.8. The van der Waals surface area contributed by atoms with Gasteiger partial charge in [-0.2, -0.15) is 5.10 Å². The molecule has 2 heterocycles. The van der Waals surface area contributed by atoms with E-state index in [9.17, 15) is 4.79 Å². The lowest BCUT2D eigenvalue weighted by Crippen LogP contribution is -2.38. The molecular formula is C23H31ClN4O3. The summed E-state index contributed by atoms with van der Waals surface area (Å²) in [5.74, 6) is 3.79. The predicted octanol–water partition coefficient (Wildman–Crippen LogP) is 4.93. The Bertz CT molecular complexity index is 904. The number of carbonyl (C=O) groups excluding carboxylic acids is 1. The van der Waals surface area contributed by atoms with Crippen LogP contribution in [0, 0.1) is 0 Å². The number of benzene rings is 1. The standard InChI is InChI=1S/C23H31ClN4O3/c1-3-5-12-31-20-18(24)13-17(14-19(20)30-4-2)23(29)28-10-8-16(9-11-28)22-25-21(26-27-22)15-6-7-15/h13-16H,3-12H2,1-2H3,(H,25,26,27). The number of amides is 1. The highest BCUT2D eigenvalue weighted by atomic mass is 35.5. The Hall–Kier alpha value is -2.28. The molecule has 8 heteroatoms. The van der Waals surface area contributed by atoms with Crippen LogP contribution in [-0.4, -0.2) is 52.3 Å². The molecule has 1 aliphatic heterocycles. The van der Waals surface area contributed by atoms with Gasteiger partial charge in [0.1, 0.15) is 5.82 Å². The summed E-state index contributed by atoms with van der Waals surface area (Å²) in [5, 5.41) is 7.90. The smallest absolute Gasteiger partial charge is 0.254 e. The highest BCUT2D eigenvalue weighted by Crippen LogP contribution is 2.39. The third kappa shape index (κ3) is 5.14. The highest BCUT2D eigenvalue weighted by Gasteiger charge is 2.31. The van der Waals surface area contributed by atoms with E-state index in [1.807, 2.05) is 11.8 Å². The Labute approximate surface area is 188 Å². The summed E-state index contributed by atoms with van der Waals surface area (Å²) >= 11 is 6.47. The van der Waals surface area contributed by atoms with Crippen molar-refractivity contribution in [2.75, 3.05) is 26.3 Å². The van der Waals surface area contributed by atoms with Gasteiger partial charge in [0.25, 0.3) is 5.91 Å². The van der Waals surface area contributed by atoms with Gasteiger partial charge in [-0.25, -0.2) is 4.98 Å². The molecule has 2 fully saturated rings. The third-order valence-corrected chi connectivity index (χ3v) is 6.21. The lowest BCUT2D eigenvalue weighted by Gasteiger charge is -2.31. The normalized spacial score (nSPS) is 17.1. The molecule has 4 rings (SSSR count). The summed E-state index contributed by atoms with van der Waals surface area (Å²) in [7, 11) is 0. The molecule has 2 aliphatic rings. The fourth-order valence-electron chi connectivity index (χ4n) is 3.95. The fraction of sp³-hybridized carbons (Fsp3) is 0.609. The minimum absolute atomic E-state index is 0.0300. The van der Waals surface area contributed by atoms with Crippen LogP contribution in [0.2, 0.25) is 5.02 Å². The van der Waals surface area contributed by atoms with Crippen LogP contribution in [0.1, 0.15) is 86.2 Å². The van der Waals surface area contributed by atoms with Gasteiger partial charge in [-0.05, 0) is 51.2 Å². The second-order valence-corrected chi connectivity index (χ2v) is 8.75. The van der Waals surface area contributed by atoms with Gasteiger partial charge in [0, 0.05) is 30.5 Å². The molecule has 1 aromatic heterocycles. The van der Waals surface area contributed by atoms with Crippen molar-refractivity contribution >= 4 is 17.5 Å². The molecule has 168 valence electrons. The molecule has 0 spiro atoms. The number of nitrogens with one attached hydrogen (secondary N) is 1. The largest absolute Gasteiger partial charge is 0.490 e. The summed E-state index contributed by atoms with van der Waals surface area (Å²) < 4.78 is 11.6. The minimum Gasteiger partial charge on any atom is -0.490 e. The molecule has 0 bridgehead atoms. The van der Waals surface area contributed by atoms with E-state index in [0.29, 0.717) is 60.2 Å². The van der Waals surface area contributed by atoms with Crippen molar-refractivity contribution < 1.29 is 14.3 Å². The second-order valence-electron chi connectivity index (χ2n) is 8.34. The van der Waals surface area contributed by atoms with Crippen LogP contribution in [0.4, 0.5) is 0 Å². The quantitative estimate of drug-likeness (QED) is 0.552. The van der Waals surface area contributed by atoms with E-state index in [1.54, 1.807) is 12.1 Å². The van der Waals surface area contributed by atoms with Crippen LogP contribution in [-0.2, 0) is 0 Å². The van der Waals surface area contributed by atoms with Crippen LogP contribution >= 0.6 is 11.6 Å². The second kappa shape index (κ2) is 9.90. The number of carbonyl (C=O) groups is 1. The molecule has 1 amide bonds. The minimum atomic E-state index is -0.0300. The van der Waals surface area contributed by atoms with E-state index in [0.717, 1.165) is 37.3 Å². The Morgan fingerprint density at radius 2 is 1.94 bits per heavy atom.